The highest BCUT2D eigenvalue weighted by Gasteiger charge is 2.09. The van der Waals surface area contributed by atoms with Crippen molar-refractivity contribution in [2.45, 2.75) is 20.4 Å². The topological polar surface area (TPSA) is 4.93 Å². The third kappa shape index (κ3) is 2.16. The summed E-state index contributed by atoms with van der Waals surface area (Å²) in [6, 6.07) is 19.1. The second kappa shape index (κ2) is 5.38. The maximum absolute atomic E-state index is 2.38. The first-order valence-corrected chi connectivity index (χ1v) is 7.12. The SMILES string of the molecule is CCn1c(C)c(/C=C/c2ccccc2)c2ccccc21. The first kappa shape index (κ1) is 12.7. The molecule has 0 N–H and O–H groups in total. The maximum atomic E-state index is 2.38. The average Bonchev–Trinajstić information content (AvgIpc) is 2.77. The highest BCUT2D eigenvalue weighted by molar-refractivity contribution is 5.93. The van der Waals surface area contributed by atoms with Crippen molar-refractivity contribution in [2.75, 3.05) is 0 Å². The Bertz CT molecular complexity index is 748. The van der Waals surface area contributed by atoms with Gasteiger partial charge < -0.3 is 4.57 Å². The molecule has 0 saturated heterocycles. The predicted octanol–water partition coefficient (Wildman–Crippen LogP) is 5.14. The molecule has 0 fully saturated rings. The van der Waals surface area contributed by atoms with Gasteiger partial charge in [-0.15, -0.1) is 0 Å². The van der Waals surface area contributed by atoms with Crippen LogP contribution in [0.4, 0.5) is 0 Å². The van der Waals surface area contributed by atoms with E-state index in [0.717, 1.165) is 6.54 Å². The van der Waals surface area contributed by atoms with Crippen LogP contribution in [0.5, 0.6) is 0 Å². The summed E-state index contributed by atoms with van der Waals surface area (Å²) in [5.74, 6) is 0. The van der Waals surface area contributed by atoms with Crippen molar-refractivity contribution in [3.63, 3.8) is 0 Å². The molecule has 0 spiro atoms. The summed E-state index contributed by atoms with van der Waals surface area (Å²) in [5.41, 5.74) is 5.22. The summed E-state index contributed by atoms with van der Waals surface area (Å²) in [5, 5.41) is 1.33. The smallest absolute Gasteiger partial charge is 0.0488 e. The Labute approximate surface area is 120 Å². The van der Waals surface area contributed by atoms with Crippen LogP contribution in [0.3, 0.4) is 0 Å². The number of aromatic nitrogens is 1. The third-order valence-corrected chi connectivity index (χ3v) is 3.84. The molecule has 0 radical (unpaired) electrons. The highest BCUT2D eigenvalue weighted by atomic mass is 15.0. The molecule has 0 amide bonds. The lowest BCUT2D eigenvalue weighted by molar-refractivity contribution is 0.769. The van der Waals surface area contributed by atoms with Crippen molar-refractivity contribution in [3.8, 4) is 0 Å². The van der Waals surface area contributed by atoms with Crippen LogP contribution in [0.25, 0.3) is 23.1 Å². The lowest BCUT2D eigenvalue weighted by atomic mass is 10.1. The molecule has 0 atom stereocenters. The molecule has 0 bridgehead atoms. The maximum Gasteiger partial charge on any atom is 0.0488 e. The van der Waals surface area contributed by atoms with Crippen LogP contribution < -0.4 is 0 Å². The van der Waals surface area contributed by atoms with Gasteiger partial charge in [-0.05, 0) is 25.5 Å². The van der Waals surface area contributed by atoms with Crippen molar-refractivity contribution < 1.29 is 0 Å². The molecule has 0 saturated carbocycles. The van der Waals surface area contributed by atoms with Gasteiger partial charge in [0, 0.05) is 28.7 Å². The van der Waals surface area contributed by atoms with Gasteiger partial charge in [-0.3, -0.25) is 0 Å². The number of fused-ring (bicyclic) bond motifs is 1. The van der Waals surface area contributed by atoms with Crippen LogP contribution >= 0.6 is 0 Å². The molecule has 0 aliphatic heterocycles. The monoisotopic (exact) mass is 261 g/mol. The van der Waals surface area contributed by atoms with Crippen LogP contribution in [0.15, 0.2) is 54.6 Å². The van der Waals surface area contributed by atoms with E-state index < -0.39 is 0 Å². The van der Waals surface area contributed by atoms with E-state index in [0.29, 0.717) is 0 Å². The van der Waals surface area contributed by atoms with Crippen LogP contribution in [-0.2, 0) is 6.54 Å². The summed E-state index contributed by atoms with van der Waals surface area (Å²) < 4.78 is 2.38. The van der Waals surface area contributed by atoms with Gasteiger partial charge in [-0.25, -0.2) is 0 Å². The van der Waals surface area contributed by atoms with Crippen molar-refractivity contribution in [1.29, 1.82) is 0 Å². The Morgan fingerprint density at radius 2 is 1.60 bits per heavy atom. The van der Waals surface area contributed by atoms with Gasteiger partial charge in [-0.2, -0.15) is 0 Å². The Hall–Kier alpha value is -2.28. The molecule has 1 aromatic heterocycles. The molecule has 20 heavy (non-hydrogen) atoms. The number of hydrogen-bond donors (Lipinski definition) is 0. The zero-order chi connectivity index (χ0) is 13.9. The lowest BCUT2D eigenvalue weighted by Gasteiger charge is -2.03. The predicted molar refractivity (Wildman–Crippen MR) is 87.7 cm³/mol. The van der Waals surface area contributed by atoms with E-state index in [-0.39, 0.29) is 0 Å². The number of benzene rings is 2. The number of rotatable bonds is 3. The molecule has 0 aliphatic rings. The third-order valence-electron chi connectivity index (χ3n) is 3.84. The Kier molecular flexibility index (Phi) is 3.42. The van der Waals surface area contributed by atoms with E-state index in [1.54, 1.807) is 0 Å². The van der Waals surface area contributed by atoms with Gasteiger partial charge in [0.1, 0.15) is 0 Å². The van der Waals surface area contributed by atoms with E-state index in [4.69, 9.17) is 0 Å². The fourth-order valence-corrected chi connectivity index (χ4v) is 2.82. The van der Waals surface area contributed by atoms with E-state index >= 15 is 0 Å². The Balaban J connectivity index is 2.12. The zero-order valence-electron chi connectivity index (χ0n) is 12.0. The van der Waals surface area contributed by atoms with Gasteiger partial charge >= 0.3 is 0 Å². The van der Waals surface area contributed by atoms with Crippen LogP contribution in [-0.4, -0.2) is 4.57 Å². The first-order chi connectivity index (χ1) is 9.81. The molecule has 0 unspecified atom stereocenters. The van der Waals surface area contributed by atoms with Crippen molar-refractivity contribution in [3.05, 3.63) is 71.4 Å². The van der Waals surface area contributed by atoms with Gasteiger partial charge in [0.05, 0.1) is 0 Å². The van der Waals surface area contributed by atoms with E-state index in [2.05, 4.69) is 79.1 Å². The number of nitrogens with zero attached hydrogens (tertiary/aromatic N) is 1. The molecular formula is C19H19N. The van der Waals surface area contributed by atoms with E-state index in [9.17, 15) is 0 Å². The number of aryl methyl sites for hydroxylation is 1. The quantitative estimate of drug-likeness (QED) is 0.615. The van der Waals surface area contributed by atoms with Crippen molar-refractivity contribution >= 4 is 23.1 Å². The standard InChI is InChI=1S/C19H19N/c1-3-20-15(2)17(18-11-7-8-12-19(18)20)14-13-16-9-5-4-6-10-16/h4-14H,3H2,1-2H3/b14-13+. The Morgan fingerprint density at radius 3 is 2.35 bits per heavy atom. The first-order valence-electron chi connectivity index (χ1n) is 7.12. The van der Waals surface area contributed by atoms with E-state index in [1.807, 2.05) is 6.07 Å². The summed E-state index contributed by atoms with van der Waals surface area (Å²) in [6.45, 7) is 5.41. The summed E-state index contributed by atoms with van der Waals surface area (Å²) in [6.07, 6.45) is 4.42. The van der Waals surface area contributed by atoms with Gasteiger partial charge in [0.2, 0.25) is 0 Å². The molecule has 100 valence electrons. The van der Waals surface area contributed by atoms with Crippen LogP contribution in [0.2, 0.25) is 0 Å². The van der Waals surface area contributed by atoms with Gasteiger partial charge in [-0.1, -0.05) is 60.7 Å². The lowest BCUT2D eigenvalue weighted by Crippen LogP contribution is -1.95. The van der Waals surface area contributed by atoms with Crippen LogP contribution in [0.1, 0.15) is 23.7 Å². The number of para-hydroxylation sites is 1. The fourth-order valence-electron chi connectivity index (χ4n) is 2.82. The molecule has 3 rings (SSSR count). The molecule has 2 aromatic carbocycles. The fraction of sp³-hybridized carbons (Fsp3) is 0.158. The molecule has 1 heterocycles. The van der Waals surface area contributed by atoms with Gasteiger partial charge in [0.15, 0.2) is 0 Å². The summed E-state index contributed by atoms with van der Waals surface area (Å²) in [4.78, 5) is 0. The zero-order valence-corrected chi connectivity index (χ0v) is 12.0. The second-order valence-corrected chi connectivity index (χ2v) is 5.00. The highest BCUT2D eigenvalue weighted by Crippen LogP contribution is 2.27. The average molecular weight is 261 g/mol. The minimum atomic E-state index is 1.01. The Morgan fingerprint density at radius 1 is 0.900 bits per heavy atom. The summed E-state index contributed by atoms with van der Waals surface area (Å²) >= 11 is 0. The van der Waals surface area contributed by atoms with Crippen LogP contribution in [0, 0.1) is 6.92 Å². The van der Waals surface area contributed by atoms with Crippen molar-refractivity contribution in [1.82, 2.24) is 4.57 Å². The molecular weight excluding hydrogens is 242 g/mol. The molecule has 0 aliphatic carbocycles. The minimum Gasteiger partial charge on any atom is -0.345 e. The van der Waals surface area contributed by atoms with Crippen molar-refractivity contribution in [2.24, 2.45) is 0 Å². The second-order valence-electron chi connectivity index (χ2n) is 5.00. The molecule has 3 aromatic rings. The minimum absolute atomic E-state index is 1.01. The molecule has 1 nitrogen and oxygen atoms in total. The normalized spacial score (nSPS) is 11.5. The largest absolute Gasteiger partial charge is 0.345 e. The number of hydrogen-bond acceptors (Lipinski definition) is 0. The molecule has 1 heteroatoms. The van der Waals surface area contributed by atoms with E-state index in [1.165, 1.54) is 27.7 Å². The van der Waals surface area contributed by atoms with Gasteiger partial charge in [0.25, 0.3) is 0 Å². The summed E-state index contributed by atoms with van der Waals surface area (Å²) in [7, 11) is 0.